The highest BCUT2D eigenvalue weighted by Crippen LogP contribution is 2.15. The Balaban J connectivity index is 1.86. The summed E-state index contributed by atoms with van der Waals surface area (Å²) in [4.78, 5) is 29.5. The van der Waals surface area contributed by atoms with Crippen LogP contribution in [0, 0.1) is 0 Å². The summed E-state index contributed by atoms with van der Waals surface area (Å²) in [5, 5.41) is 0.600. The van der Waals surface area contributed by atoms with Gasteiger partial charge < -0.3 is 18.9 Å². The van der Waals surface area contributed by atoms with Gasteiger partial charge in [0.25, 0.3) is 5.91 Å². The van der Waals surface area contributed by atoms with Crippen molar-refractivity contribution in [2.45, 2.75) is 19.4 Å². The number of benzene rings is 1. The molecule has 0 N–H and O–H groups in total. The van der Waals surface area contributed by atoms with Gasteiger partial charge in [-0.25, -0.2) is 4.98 Å². The number of hydrogen-bond donors (Lipinski definition) is 0. The minimum Gasteiger partial charge on any atom is -0.484 e. The van der Waals surface area contributed by atoms with E-state index in [1.165, 1.54) is 7.11 Å². The Bertz CT molecular complexity index is 689. The van der Waals surface area contributed by atoms with Gasteiger partial charge in [-0.15, -0.1) is 0 Å². The first kappa shape index (κ1) is 19.8. The van der Waals surface area contributed by atoms with E-state index in [9.17, 15) is 9.59 Å². The number of methoxy groups -OCH3 is 1. The lowest BCUT2D eigenvalue weighted by atomic mass is 10.3. The van der Waals surface area contributed by atoms with Gasteiger partial charge in [0.1, 0.15) is 5.75 Å². The zero-order valence-electron chi connectivity index (χ0n) is 14.6. The van der Waals surface area contributed by atoms with Crippen molar-refractivity contribution in [3.8, 4) is 5.75 Å². The summed E-state index contributed by atoms with van der Waals surface area (Å²) in [5.41, 5.74) is 0. The molecule has 2 rings (SSSR count). The molecule has 1 heterocycles. The molecule has 0 spiro atoms. The molecule has 0 aliphatic rings. The summed E-state index contributed by atoms with van der Waals surface area (Å²) in [5.74, 6) is 0.0274. The molecule has 0 bridgehead atoms. The Morgan fingerprint density at radius 3 is 2.65 bits per heavy atom. The largest absolute Gasteiger partial charge is 0.484 e. The van der Waals surface area contributed by atoms with Crippen LogP contribution < -0.4 is 4.74 Å². The predicted octanol–water partition coefficient (Wildman–Crippen LogP) is 2.40. The average Bonchev–Trinajstić information content (AvgIpc) is 3.16. The average molecular weight is 380 g/mol. The molecule has 26 heavy (non-hydrogen) atoms. The van der Waals surface area contributed by atoms with Crippen molar-refractivity contribution in [2.24, 2.45) is 0 Å². The van der Waals surface area contributed by atoms with Crippen LogP contribution in [0.2, 0.25) is 5.02 Å². The van der Waals surface area contributed by atoms with Gasteiger partial charge >= 0.3 is 5.97 Å². The quantitative estimate of drug-likeness (QED) is 0.592. The standard InChI is InChI=1S/C18H22ClN3O4/c1-25-18(24)7-11-22(10-2-9-21-12-8-20-14-21)17(23)13-26-16-5-3-15(19)4-6-16/h3-6,8,12,14H,2,7,9-11,13H2,1H3. The van der Waals surface area contributed by atoms with Crippen LogP contribution in [0.15, 0.2) is 43.0 Å². The zero-order chi connectivity index (χ0) is 18.8. The summed E-state index contributed by atoms with van der Waals surface area (Å²) in [6.45, 7) is 1.44. The predicted molar refractivity (Wildman–Crippen MR) is 97.0 cm³/mol. The Hall–Kier alpha value is -2.54. The van der Waals surface area contributed by atoms with E-state index in [-0.39, 0.29) is 24.9 Å². The molecule has 140 valence electrons. The van der Waals surface area contributed by atoms with Crippen molar-refractivity contribution in [2.75, 3.05) is 26.8 Å². The van der Waals surface area contributed by atoms with Crippen molar-refractivity contribution in [1.29, 1.82) is 0 Å². The highest BCUT2D eigenvalue weighted by atomic mass is 35.5. The third kappa shape index (κ3) is 6.76. The normalized spacial score (nSPS) is 10.4. The van der Waals surface area contributed by atoms with Crippen molar-refractivity contribution in [3.05, 3.63) is 48.0 Å². The first-order valence-electron chi connectivity index (χ1n) is 8.27. The number of rotatable bonds is 10. The van der Waals surface area contributed by atoms with Gasteiger partial charge in [-0.1, -0.05) is 11.6 Å². The molecule has 1 aromatic carbocycles. The minimum absolute atomic E-state index is 0.103. The van der Waals surface area contributed by atoms with E-state index in [1.807, 2.05) is 10.8 Å². The highest BCUT2D eigenvalue weighted by Gasteiger charge is 2.16. The molecular formula is C18H22ClN3O4. The van der Waals surface area contributed by atoms with Gasteiger partial charge in [-0.05, 0) is 30.7 Å². The van der Waals surface area contributed by atoms with E-state index >= 15 is 0 Å². The Morgan fingerprint density at radius 1 is 1.23 bits per heavy atom. The molecule has 0 fully saturated rings. The maximum absolute atomic E-state index is 12.5. The molecule has 7 nitrogen and oxygen atoms in total. The Morgan fingerprint density at radius 2 is 2.00 bits per heavy atom. The second-order valence-electron chi connectivity index (χ2n) is 5.60. The number of nitrogens with zero attached hydrogens (tertiary/aromatic N) is 3. The van der Waals surface area contributed by atoms with Crippen LogP contribution in [0.4, 0.5) is 0 Å². The van der Waals surface area contributed by atoms with Crippen LogP contribution in [0.1, 0.15) is 12.8 Å². The molecule has 0 radical (unpaired) electrons. The number of halogens is 1. The molecule has 0 unspecified atom stereocenters. The third-order valence-electron chi connectivity index (χ3n) is 3.75. The van der Waals surface area contributed by atoms with Crippen LogP contribution in [-0.2, 0) is 20.9 Å². The summed E-state index contributed by atoms with van der Waals surface area (Å²) in [6, 6.07) is 6.80. The van der Waals surface area contributed by atoms with E-state index in [0.717, 1.165) is 13.0 Å². The summed E-state index contributed by atoms with van der Waals surface area (Å²) >= 11 is 5.83. The second kappa shape index (κ2) is 10.5. The Kier molecular flexibility index (Phi) is 7.95. The van der Waals surface area contributed by atoms with Crippen LogP contribution in [0.3, 0.4) is 0 Å². The van der Waals surface area contributed by atoms with Crippen molar-refractivity contribution >= 4 is 23.5 Å². The molecular weight excluding hydrogens is 358 g/mol. The fourth-order valence-electron chi connectivity index (χ4n) is 2.32. The van der Waals surface area contributed by atoms with Gasteiger partial charge in [0.2, 0.25) is 0 Å². The van der Waals surface area contributed by atoms with E-state index in [0.29, 0.717) is 23.9 Å². The lowest BCUT2D eigenvalue weighted by Gasteiger charge is -2.22. The fourth-order valence-corrected chi connectivity index (χ4v) is 2.45. The summed E-state index contributed by atoms with van der Waals surface area (Å²) in [6.07, 6.45) is 6.19. The monoisotopic (exact) mass is 379 g/mol. The van der Waals surface area contributed by atoms with Crippen LogP contribution in [0.5, 0.6) is 5.75 Å². The number of ether oxygens (including phenoxy) is 2. The number of aryl methyl sites for hydroxylation is 1. The van der Waals surface area contributed by atoms with Gasteiger partial charge in [0, 0.05) is 37.1 Å². The molecule has 0 aliphatic carbocycles. The molecule has 1 aromatic heterocycles. The second-order valence-corrected chi connectivity index (χ2v) is 6.04. The summed E-state index contributed by atoms with van der Waals surface area (Å²) < 4.78 is 12.1. The molecule has 0 saturated heterocycles. The molecule has 1 amide bonds. The van der Waals surface area contributed by atoms with Crippen LogP contribution in [-0.4, -0.2) is 53.1 Å². The number of hydrogen-bond acceptors (Lipinski definition) is 5. The topological polar surface area (TPSA) is 73.7 Å². The van der Waals surface area contributed by atoms with E-state index in [4.69, 9.17) is 16.3 Å². The molecule has 2 aromatic rings. The SMILES string of the molecule is COC(=O)CCN(CCCn1ccnc1)C(=O)COc1ccc(Cl)cc1. The van der Waals surface area contributed by atoms with E-state index < -0.39 is 0 Å². The fraction of sp³-hybridized carbons (Fsp3) is 0.389. The van der Waals surface area contributed by atoms with Crippen molar-refractivity contribution in [1.82, 2.24) is 14.5 Å². The molecule has 0 aliphatic heterocycles. The highest BCUT2D eigenvalue weighted by molar-refractivity contribution is 6.30. The first-order chi connectivity index (χ1) is 12.6. The minimum atomic E-state index is -0.351. The maximum Gasteiger partial charge on any atom is 0.307 e. The van der Waals surface area contributed by atoms with Crippen molar-refractivity contribution < 1.29 is 19.1 Å². The number of amides is 1. The molecule has 0 atom stereocenters. The number of esters is 1. The maximum atomic E-state index is 12.5. The van der Waals surface area contributed by atoms with Crippen molar-refractivity contribution in [3.63, 3.8) is 0 Å². The molecule has 8 heteroatoms. The molecule has 0 saturated carbocycles. The van der Waals surface area contributed by atoms with Gasteiger partial charge in [-0.2, -0.15) is 0 Å². The lowest BCUT2D eigenvalue weighted by molar-refractivity contribution is -0.142. The number of carbonyl (C=O) groups excluding carboxylic acids is 2. The van der Waals surface area contributed by atoms with Gasteiger partial charge in [0.15, 0.2) is 6.61 Å². The van der Waals surface area contributed by atoms with Crippen LogP contribution in [0.25, 0.3) is 0 Å². The lowest BCUT2D eigenvalue weighted by Crippen LogP contribution is -2.37. The number of aromatic nitrogens is 2. The number of carbonyl (C=O) groups is 2. The number of imidazole rings is 1. The summed E-state index contributed by atoms with van der Waals surface area (Å²) in [7, 11) is 1.33. The van der Waals surface area contributed by atoms with E-state index in [1.54, 1.807) is 41.7 Å². The van der Waals surface area contributed by atoms with Gasteiger partial charge in [0.05, 0.1) is 19.9 Å². The Labute approximate surface area is 157 Å². The van der Waals surface area contributed by atoms with Gasteiger partial charge in [-0.3, -0.25) is 9.59 Å². The third-order valence-corrected chi connectivity index (χ3v) is 4.00. The zero-order valence-corrected chi connectivity index (χ0v) is 15.4. The first-order valence-corrected chi connectivity index (χ1v) is 8.65. The smallest absolute Gasteiger partial charge is 0.307 e. The van der Waals surface area contributed by atoms with E-state index in [2.05, 4.69) is 9.72 Å². The van der Waals surface area contributed by atoms with Crippen LogP contribution >= 0.6 is 11.6 Å².